The van der Waals surface area contributed by atoms with E-state index in [1.165, 1.54) is 27.5 Å². The maximum absolute atomic E-state index is 3.62. The van der Waals surface area contributed by atoms with Crippen LogP contribution in [0.3, 0.4) is 0 Å². The summed E-state index contributed by atoms with van der Waals surface area (Å²) in [5.41, 5.74) is 5.79. The van der Waals surface area contributed by atoms with E-state index in [0.29, 0.717) is 0 Å². The van der Waals surface area contributed by atoms with Gasteiger partial charge in [0.25, 0.3) is 0 Å². The summed E-state index contributed by atoms with van der Waals surface area (Å²) in [5, 5.41) is 6.10. The molecule has 0 aliphatic carbocycles. The monoisotopic (exact) mass is 335 g/mol. The van der Waals surface area contributed by atoms with E-state index >= 15 is 0 Å². The summed E-state index contributed by atoms with van der Waals surface area (Å²) in [6, 6.07) is 34.0. The van der Waals surface area contributed by atoms with E-state index in [2.05, 4.69) is 109 Å². The van der Waals surface area contributed by atoms with E-state index < -0.39 is 0 Å². The smallest absolute Gasteiger partial charge is 0.0463 e. The minimum atomic E-state index is 1.09. The van der Waals surface area contributed by atoms with Gasteiger partial charge in [-0.1, -0.05) is 90.5 Å². The molecule has 0 heterocycles. The molecule has 0 saturated carbocycles. The fourth-order valence-corrected chi connectivity index (χ4v) is 3.06. The average molecular weight is 335 g/mol. The van der Waals surface area contributed by atoms with Crippen molar-refractivity contribution < 1.29 is 0 Å². The lowest BCUT2D eigenvalue weighted by atomic mass is 10.1. The van der Waals surface area contributed by atoms with Gasteiger partial charge in [-0.25, -0.2) is 0 Å². The van der Waals surface area contributed by atoms with Crippen LogP contribution < -0.4 is 5.32 Å². The molecule has 0 aromatic heterocycles. The lowest BCUT2D eigenvalue weighted by molar-refractivity contribution is 1.44. The summed E-state index contributed by atoms with van der Waals surface area (Å²) in [6.45, 7) is 2.11. The number of rotatable bonds is 4. The number of nitrogens with one attached hydrogen (secondary N) is 1. The molecule has 4 aromatic rings. The van der Waals surface area contributed by atoms with Crippen LogP contribution in [-0.2, 0) is 0 Å². The molecule has 0 amide bonds. The summed E-state index contributed by atoms with van der Waals surface area (Å²) < 4.78 is 0. The number of benzene rings is 4. The van der Waals surface area contributed by atoms with Crippen molar-refractivity contribution in [1.82, 2.24) is 0 Å². The summed E-state index contributed by atoms with van der Waals surface area (Å²) >= 11 is 0. The number of hydrogen-bond acceptors (Lipinski definition) is 1. The minimum absolute atomic E-state index is 1.09. The standard InChI is InChI=1S/C25H21N/c1-19-11-13-22(14-12-19)25(17-20-7-3-2-4-8-20)26-24-16-15-21-9-5-6-10-23(21)18-24/h2-18,26H,1H3. The lowest BCUT2D eigenvalue weighted by Gasteiger charge is -2.13. The second kappa shape index (κ2) is 7.28. The number of fused-ring (bicyclic) bond motifs is 1. The van der Waals surface area contributed by atoms with Crippen LogP contribution in [0, 0.1) is 6.92 Å². The third kappa shape index (κ3) is 3.68. The fraction of sp³-hybridized carbons (Fsp3) is 0.0400. The molecular formula is C25H21N. The summed E-state index contributed by atoms with van der Waals surface area (Å²) in [5.74, 6) is 0. The topological polar surface area (TPSA) is 12.0 Å². The van der Waals surface area contributed by atoms with Gasteiger partial charge in [0.1, 0.15) is 0 Å². The first kappa shape index (κ1) is 16.2. The van der Waals surface area contributed by atoms with Gasteiger partial charge in [-0.3, -0.25) is 0 Å². The molecule has 0 aliphatic rings. The third-order valence-corrected chi connectivity index (χ3v) is 4.50. The van der Waals surface area contributed by atoms with Crippen LogP contribution in [0.2, 0.25) is 0 Å². The van der Waals surface area contributed by atoms with Crippen molar-refractivity contribution in [2.24, 2.45) is 0 Å². The highest BCUT2D eigenvalue weighted by atomic mass is 14.9. The van der Waals surface area contributed by atoms with E-state index in [-0.39, 0.29) is 0 Å². The molecule has 4 aromatic carbocycles. The first-order valence-electron chi connectivity index (χ1n) is 8.87. The van der Waals surface area contributed by atoms with Gasteiger partial charge in [-0.2, -0.15) is 0 Å². The Bertz CT molecular complexity index is 1040. The van der Waals surface area contributed by atoms with Crippen LogP contribution in [0.25, 0.3) is 22.5 Å². The van der Waals surface area contributed by atoms with Crippen molar-refractivity contribution in [1.29, 1.82) is 0 Å². The molecule has 0 saturated heterocycles. The highest BCUT2D eigenvalue weighted by Gasteiger charge is 2.04. The highest BCUT2D eigenvalue weighted by Crippen LogP contribution is 2.25. The lowest BCUT2D eigenvalue weighted by Crippen LogP contribution is -1.99. The maximum Gasteiger partial charge on any atom is 0.0463 e. The zero-order valence-electron chi connectivity index (χ0n) is 14.8. The minimum Gasteiger partial charge on any atom is -0.355 e. The van der Waals surface area contributed by atoms with Crippen LogP contribution >= 0.6 is 0 Å². The molecule has 0 bridgehead atoms. The van der Waals surface area contributed by atoms with Gasteiger partial charge in [0.2, 0.25) is 0 Å². The van der Waals surface area contributed by atoms with Gasteiger partial charge in [-0.05, 0) is 47.0 Å². The predicted octanol–water partition coefficient (Wildman–Crippen LogP) is 6.76. The van der Waals surface area contributed by atoms with Gasteiger partial charge in [0.05, 0.1) is 0 Å². The zero-order chi connectivity index (χ0) is 17.8. The van der Waals surface area contributed by atoms with Crippen LogP contribution in [-0.4, -0.2) is 0 Å². The predicted molar refractivity (Wildman–Crippen MR) is 113 cm³/mol. The Balaban J connectivity index is 1.74. The van der Waals surface area contributed by atoms with Crippen LogP contribution in [0.15, 0.2) is 97.1 Å². The summed E-state index contributed by atoms with van der Waals surface area (Å²) in [7, 11) is 0. The van der Waals surface area contributed by atoms with E-state index in [4.69, 9.17) is 0 Å². The number of anilines is 1. The van der Waals surface area contributed by atoms with Gasteiger partial charge >= 0.3 is 0 Å². The normalized spacial score (nSPS) is 11.5. The number of hydrogen-bond donors (Lipinski definition) is 1. The largest absolute Gasteiger partial charge is 0.355 e. The second-order valence-electron chi connectivity index (χ2n) is 6.52. The molecule has 0 aliphatic heterocycles. The maximum atomic E-state index is 3.62. The Hall–Kier alpha value is -3.32. The van der Waals surface area contributed by atoms with Gasteiger partial charge in [0.15, 0.2) is 0 Å². The van der Waals surface area contributed by atoms with Gasteiger partial charge in [-0.15, -0.1) is 0 Å². The Morgan fingerprint density at radius 1 is 0.692 bits per heavy atom. The second-order valence-corrected chi connectivity index (χ2v) is 6.52. The van der Waals surface area contributed by atoms with Crippen molar-refractivity contribution in [3.63, 3.8) is 0 Å². The van der Waals surface area contributed by atoms with Crippen molar-refractivity contribution >= 4 is 28.2 Å². The first-order valence-corrected chi connectivity index (χ1v) is 8.87. The van der Waals surface area contributed by atoms with Crippen LogP contribution in [0.1, 0.15) is 16.7 Å². The van der Waals surface area contributed by atoms with Crippen molar-refractivity contribution in [2.75, 3.05) is 5.32 Å². The van der Waals surface area contributed by atoms with Gasteiger partial charge < -0.3 is 5.32 Å². The zero-order valence-corrected chi connectivity index (χ0v) is 14.8. The molecule has 26 heavy (non-hydrogen) atoms. The molecule has 0 atom stereocenters. The molecule has 1 N–H and O–H groups in total. The fourth-order valence-electron chi connectivity index (χ4n) is 3.06. The highest BCUT2D eigenvalue weighted by molar-refractivity contribution is 5.92. The van der Waals surface area contributed by atoms with Crippen LogP contribution in [0.4, 0.5) is 5.69 Å². The van der Waals surface area contributed by atoms with Crippen LogP contribution in [0.5, 0.6) is 0 Å². The number of aryl methyl sites for hydroxylation is 1. The Labute approximate surface area is 154 Å². The van der Waals surface area contributed by atoms with E-state index in [1.807, 2.05) is 6.07 Å². The SMILES string of the molecule is Cc1ccc(C(=Cc2ccccc2)Nc2ccc3ccccc3c2)cc1. The van der Waals surface area contributed by atoms with E-state index in [9.17, 15) is 0 Å². The average Bonchev–Trinajstić information content (AvgIpc) is 2.69. The Morgan fingerprint density at radius 2 is 1.38 bits per heavy atom. The molecular weight excluding hydrogens is 314 g/mol. The Morgan fingerprint density at radius 3 is 2.15 bits per heavy atom. The van der Waals surface area contributed by atoms with Crippen molar-refractivity contribution in [2.45, 2.75) is 6.92 Å². The third-order valence-electron chi connectivity index (χ3n) is 4.50. The molecule has 0 spiro atoms. The Kier molecular flexibility index (Phi) is 4.53. The molecule has 0 fully saturated rings. The van der Waals surface area contributed by atoms with Crippen molar-refractivity contribution in [3.05, 3.63) is 114 Å². The molecule has 4 rings (SSSR count). The first-order chi connectivity index (χ1) is 12.8. The molecule has 0 radical (unpaired) electrons. The molecule has 1 heteroatoms. The summed E-state index contributed by atoms with van der Waals surface area (Å²) in [6.07, 6.45) is 2.19. The molecule has 1 nitrogen and oxygen atoms in total. The quantitative estimate of drug-likeness (QED) is 0.406. The molecule has 126 valence electrons. The van der Waals surface area contributed by atoms with Gasteiger partial charge in [0, 0.05) is 11.4 Å². The molecule has 0 unspecified atom stereocenters. The van der Waals surface area contributed by atoms with E-state index in [1.54, 1.807) is 0 Å². The van der Waals surface area contributed by atoms with Crippen molar-refractivity contribution in [3.8, 4) is 0 Å². The summed E-state index contributed by atoms with van der Waals surface area (Å²) in [4.78, 5) is 0. The van der Waals surface area contributed by atoms with E-state index in [0.717, 1.165) is 11.4 Å².